The summed E-state index contributed by atoms with van der Waals surface area (Å²) in [6.45, 7) is 1.18. The van der Waals surface area contributed by atoms with Crippen molar-refractivity contribution in [3.8, 4) is 0 Å². The first kappa shape index (κ1) is 17.8. The second kappa shape index (κ2) is 7.86. The zero-order valence-electron chi connectivity index (χ0n) is 13.3. The van der Waals surface area contributed by atoms with Crippen molar-refractivity contribution in [1.82, 2.24) is 10.6 Å². The number of carbonyl (C=O) groups is 1. The molecule has 0 bridgehead atoms. The Morgan fingerprint density at radius 2 is 2.09 bits per heavy atom. The number of hydrogen-bond acceptors (Lipinski definition) is 4. The number of benzene rings is 1. The van der Waals surface area contributed by atoms with Crippen LogP contribution in [0.15, 0.2) is 30.3 Å². The fourth-order valence-electron chi connectivity index (χ4n) is 3.03. The third kappa shape index (κ3) is 4.07. The zero-order chi connectivity index (χ0) is 16.9. The number of hydrogen-bond donors (Lipinski definition) is 4. The van der Waals surface area contributed by atoms with Gasteiger partial charge in [-0.25, -0.2) is 4.39 Å². The van der Waals surface area contributed by atoms with Gasteiger partial charge in [0.1, 0.15) is 18.9 Å². The molecule has 5 nitrogen and oxygen atoms in total. The number of aryl methyl sites for hydroxylation is 1. The lowest BCUT2D eigenvalue weighted by Gasteiger charge is -2.47. The topological polar surface area (TPSA) is 81.6 Å². The fourth-order valence-corrected chi connectivity index (χ4v) is 3.03. The predicted octanol–water partition coefficient (Wildman–Crippen LogP) is 0.547. The molecule has 128 valence electrons. The molecule has 4 N–H and O–H groups in total. The molecule has 0 radical (unpaired) electrons. The summed E-state index contributed by atoms with van der Waals surface area (Å²) in [7, 11) is 0. The van der Waals surface area contributed by atoms with Gasteiger partial charge in [-0.15, -0.1) is 0 Å². The number of aliphatic hydroxyl groups excluding tert-OH is 2. The monoisotopic (exact) mass is 324 g/mol. The average Bonchev–Trinajstić information content (AvgIpc) is 2.58. The number of amides is 1. The van der Waals surface area contributed by atoms with Gasteiger partial charge in [0, 0.05) is 13.0 Å². The quantitative estimate of drug-likeness (QED) is 0.616. The molecule has 0 aliphatic carbocycles. The lowest BCUT2D eigenvalue weighted by molar-refractivity contribution is -0.130. The van der Waals surface area contributed by atoms with Crippen LogP contribution in [0.4, 0.5) is 4.39 Å². The third-order valence-electron chi connectivity index (χ3n) is 4.56. The molecule has 0 saturated carbocycles. The molecule has 1 aromatic carbocycles. The second-order valence-electron chi connectivity index (χ2n) is 6.12. The number of carbonyl (C=O) groups excluding carboxylic acids is 1. The van der Waals surface area contributed by atoms with E-state index in [1.165, 1.54) is 0 Å². The molecule has 1 fully saturated rings. The molecule has 1 heterocycles. The number of rotatable bonds is 6. The molecule has 1 aromatic rings. The van der Waals surface area contributed by atoms with Crippen LogP contribution in [0.2, 0.25) is 0 Å². The second-order valence-corrected chi connectivity index (χ2v) is 6.12. The molecule has 1 aliphatic heterocycles. The highest BCUT2D eigenvalue weighted by Crippen LogP contribution is 2.26. The molecule has 1 amide bonds. The normalized spacial score (nSPS) is 30.9. The van der Waals surface area contributed by atoms with E-state index in [2.05, 4.69) is 10.6 Å². The standard InChI is InChI=1S/C17H25FN2O3/c1-2-14(21)20-17(9-8-12-6-4-3-5-7-12)11-19-13(10-18)15(22)16(17)23/h3-7,13,15-16,19,22-23H,2,8-11H2,1H3,(H,20,21)/t13-,15-,16+,17+/m1/s1. The first-order chi connectivity index (χ1) is 11.0. The van der Waals surface area contributed by atoms with Crippen molar-refractivity contribution in [1.29, 1.82) is 0 Å². The first-order valence-corrected chi connectivity index (χ1v) is 8.03. The predicted molar refractivity (Wildman–Crippen MR) is 85.7 cm³/mol. The number of aliphatic hydroxyl groups is 2. The molecule has 0 unspecified atom stereocenters. The Bertz CT molecular complexity index is 514. The van der Waals surface area contributed by atoms with Gasteiger partial charge in [0.25, 0.3) is 0 Å². The smallest absolute Gasteiger partial charge is 0.220 e. The highest BCUT2D eigenvalue weighted by atomic mass is 19.1. The van der Waals surface area contributed by atoms with Crippen molar-refractivity contribution in [2.45, 2.75) is 50.0 Å². The molecule has 1 saturated heterocycles. The van der Waals surface area contributed by atoms with E-state index in [0.29, 0.717) is 12.8 Å². The van der Waals surface area contributed by atoms with Crippen LogP contribution in [-0.4, -0.2) is 53.1 Å². The molecule has 6 heteroatoms. The van der Waals surface area contributed by atoms with Crippen molar-refractivity contribution < 1.29 is 19.4 Å². The van der Waals surface area contributed by atoms with Crippen molar-refractivity contribution >= 4 is 5.91 Å². The van der Waals surface area contributed by atoms with E-state index >= 15 is 0 Å². The number of nitrogens with one attached hydrogen (secondary N) is 2. The van der Waals surface area contributed by atoms with E-state index in [0.717, 1.165) is 5.56 Å². The zero-order valence-corrected chi connectivity index (χ0v) is 13.3. The molecule has 4 atom stereocenters. The van der Waals surface area contributed by atoms with Crippen molar-refractivity contribution in [2.24, 2.45) is 0 Å². The largest absolute Gasteiger partial charge is 0.389 e. The summed E-state index contributed by atoms with van der Waals surface area (Å²) in [6.07, 6.45) is -1.11. The Hall–Kier alpha value is -1.50. The maximum absolute atomic E-state index is 12.9. The summed E-state index contributed by atoms with van der Waals surface area (Å²) in [6, 6.07) is 8.91. The summed E-state index contributed by atoms with van der Waals surface area (Å²) in [4.78, 5) is 11.9. The van der Waals surface area contributed by atoms with E-state index in [1.54, 1.807) is 6.92 Å². The van der Waals surface area contributed by atoms with Crippen LogP contribution in [0.5, 0.6) is 0 Å². The Labute approximate surface area is 135 Å². The summed E-state index contributed by atoms with van der Waals surface area (Å²) in [5.74, 6) is -0.204. The van der Waals surface area contributed by atoms with Crippen LogP contribution >= 0.6 is 0 Å². The Morgan fingerprint density at radius 1 is 1.39 bits per heavy atom. The van der Waals surface area contributed by atoms with E-state index in [-0.39, 0.29) is 18.9 Å². The summed E-state index contributed by atoms with van der Waals surface area (Å²) in [5.41, 5.74) is 0.0699. The highest BCUT2D eigenvalue weighted by molar-refractivity contribution is 5.76. The van der Waals surface area contributed by atoms with Crippen LogP contribution in [0.3, 0.4) is 0 Å². The Balaban J connectivity index is 2.17. The van der Waals surface area contributed by atoms with Gasteiger partial charge in [0.05, 0.1) is 11.6 Å². The fraction of sp³-hybridized carbons (Fsp3) is 0.588. The van der Waals surface area contributed by atoms with Crippen molar-refractivity contribution in [3.63, 3.8) is 0 Å². The molecular formula is C17H25FN2O3. The summed E-state index contributed by atoms with van der Waals surface area (Å²) < 4.78 is 12.9. The average molecular weight is 324 g/mol. The van der Waals surface area contributed by atoms with Crippen molar-refractivity contribution in [2.75, 3.05) is 13.2 Å². The molecule has 23 heavy (non-hydrogen) atoms. The minimum atomic E-state index is -1.26. The van der Waals surface area contributed by atoms with Gasteiger partial charge in [0.2, 0.25) is 5.91 Å². The van der Waals surface area contributed by atoms with Gasteiger partial charge in [-0.3, -0.25) is 4.79 Å². The van der Waals surface area contributed by atoms with Crippen LogP contribution in [0, 0.1) is 0 Å². The van der Waals surface area contributed by atoms with Crippen LogP contribution in [0.25, 0.3) is 0 Å². The van der Waals surface area contributed by atoms with E-state index in [4.69, 9.17) is 0 Å². The SMILES string of the molecule is CCC(=O)N[C@@]1(CCc2ccccc2)CN[C@H](CF)[C@@H](O)[C@@H]1O. The lowest BCUT2D eigenvalue weighted by atomic mass is 9.78. The maximum Gasteiger partial charge on any atom is 0.220 e. The molecule has 1 aliphatic rings. The van der Waals surface area contributed by atoms with Gasteiger partial charge in [-0.1, -0.05) is 37.3 Å². The van der Waals surface area contributed by atoms with Crippen LogP contribution in [-0.2, 0) is 11.2 Å². The highest BCUT2D eigenvalue weighted by Gasteiger charge is 2.48. The molecular weight excluding hydrogens is 299 g/mol. The van der Waals surface area contributed by atoms with E-state index < -0.39 is 30.5 Å². The number of halogens is 1. The van der Waals surface area contributed by atoms with E-state index in [1.807, 2.05) is 30.3 Å². The van der Waals surface area contributed by atoms with E-state index in [9.17, 15) is 19.4 Å². The summed E-state index contributed by atoms with van der Waals surface area (Å²) >= 11 is 0. The number of piperidine rings is 1. The molecule has 2 rings (SSSR count). The summed E-state index contributed by atoms with van der Waals surface area (Å²) in [5, 5.41) is 26.4. The van der Waals surface area contributed by atoms with Gasteiger partial charge in [-0.05, 0) is 18.4 Å². The van der Waals surface area contributed by atoms with Gasteiger partial charge in [-0.2, -0.15) is 0 Å². The minimum Gasteiger partial charge on any atom is -0.389 e. The first-order valence-electron chi connectivity index (χ1n) is 8.03. The molecule has 0 spiro atoms. The van der Waals surface area contributed by atoms with Crippen LogP contribution < -0.4 is 10.6 Å². The Morgan fingerprint density at radius 3 is 2.70 bits per heavy atom. The van der Waals surface area contributed by atoms with Crippen LogP contribution in [0.1, 0.15) is 25.3 Å². The Kier molecular flexibility index (Phi) is 6.10. The maximum atomic E-state index is 12.9. The van der Waals surface area contributed by atoms with Gasteiger partial charge in [0.15, 0.2) is 0 Å². The van der Waals surface area contributed by atoms with Gasteiger partial charge < -0.3 is 20.8 Å². The van der Waals surface area contributed by atoms with Crippen molar-refractivity contribution in [3.05, 3.63) is 35.9 Å². The third-order valence-corrected chi connectivity index (χ3v) is 4.56. The van der Waals surface area contributed by atoms with Gasteiger partial charge >= 0.3 is 0 Å². The minimum absolute atomic E-state index is 0.204. The number of alkyl halides is 1. The lowest BCUT2D eigenvalue weighted by Crippen LogP contribution is -2.73. The molecule has 0 aromatic heterocycles.